The molecule has 6 nitrogen and oxygen atoms in total. The molecule has 0 saturated carbocycles. The van der Waals surface area contributed by atoms with Crippen LogP contribution in [0.3, 0.4) is 0 Å². The lowest BCUT2D eigenvalue weighted by molar-refractivity contribution is -0.115. The summed E-state index contributed by atoms with van der Waals surface area (Å²) in [6.45, 7) is 2.63. The quantitative estimate of drug-likeness (QED) is 0.421. The zero-order chi connectivity index (χ0) is 23.9. The summed E-state index contributed by atoms with van der Waals surface area (Å²) < 4.78 is 29.9. The van der Waals surface area contributed by atoms with Crippen molar-refractivity contribution in [3.05, 3.63) is 88.6 Å². The summed E-state index contributed by atoms with van der Waals surface area (Å²) in [6, 6.07) is 18.9. The zero-order valence-corrected chi connectivity index (χ0v) is 19.5. The average molecular weight is 479 g/mol. The van der Waals surface area contributed by atoms with Crippen LogP contribution in [0.25, 0.3) is 6.08 Å². The number of aliphatic imine (C=N–C) groups is 1. The largest absolute Gasteiger partial charge is 0.497 e. The van der Waals surface area contributed by atoms with E-state index in [0.717, 1.165) is 16.9 Å². The lowest BCUT2D eigenvalue weighted by Gasteiger charge is -2.13. The second-order valence-corrected chi connectivity index (χ2v) is 8.26. The summed E-state index contributed by atoms with van der Waals surface area (Å²) >= 11 is 1.27. The van der Waals surface area contributed by atoms with Crippen molar-refractivity contribution < 1.29 is 23.4 Å². The standard InChI is InChI=1S/C26H23FN2O4S/c1-3-32-23-14-18(6-13-22(23)33-16-17-4-7-19(27)8-5-17)15-24-25(30)29-26(34-24)28-20-9-11-21(31-2)12-10-20/h4-15H,3,16H2,1-2H3,(H,28,29,30)/b24-15-. The SMILES string of the molecule is CCOc1cc(/C=C2\SC(=Nc3ccc(OC)cc3)NC2=O)ccc1OCc1ccc(F)cc1. The van der Waals surface area contributed by atoms with E-state index in [-0.39, 0.29) is 18.3 Å². The molecule has 1 fully saturated rings. The van der Waals surface area contributed by atoms with Crippen LogP contribution in [0.5, 0.6) is 17.2 Å². The number of nitrogens with one attached hydrogen (secondary N) is 1. The van der Waals surface area contributed by atoms with Gasteiger partial charge in [0.1, 0.15) is 18.2 Å². The van der Waals surface area contributed by atoms with Crippen LogP contribution in [0.15, 0.2) is 76.6 Å². The van der Waals surface area contributed by atoms with E-state index in [1.165, 1.54) is 23.9 Å². The summed E-state index contributed by atoms with van der Waals surface area (Å²) in [5.74, 6) is 1.37. The van der Waals surface area contributed by atoms with Gasteiger partial charge in [-0.15, -0.1) is 0 Å². The first-order valence-corrected chi connectivity index (χ1v) is 11.4. The molecule has 8 heteroatoms. The van der Waals surface area contributed by atoms with E-state index < -0.39 is 0 Å². The molecule has 1 aliphatic heterocycles. The third kappa shape index (κ3) is 5.96. The van der Waals surface area contributed by atoms with Crippen LogP contribution in [0, 0.1) is 5.82 Å². The Hall–Kier alpha value is -3.78. The van der Waals surface area contributed by atoms with Gasteiger partial charge in [-0.05, 0) is 84.4 Å². The minimum absolute atomic E-state index is 0.216. The first kappa shape index (κ1) is 23.4. The van der Waals surface area contributed by atoms with Gasteiger partial charge in [0.25, 0.3) is 5.91 Å². The van der Waals surface area contributed by atoms with Crippen molar-refractivity contribution in [2.45, 2.75) is 13.5 Å². The van der Waals surface area contributed by atoms with Crippen molar-refractivity contribution in [3.63, 3.8) is 0 Å². The number of benzene rings is 3. The average Bonchev–Trinajstić information content (AvgIpc) is 3.18. The predicted molar refractivity (Wildman–Crippen MR) is 132 cm³/mol. The third-order valence-electron chi connectivity index (χ3n) is 4.83. The van der Waals surface area contributed by atoms with E-state index in [0.29, 0.717) is 33.9 Å². The number of methoxy groups -OCH3 is 1. The van der Waals surface area contributed by atoms with Crippen LogP contribution in [0.2, 0.25) is 0 Å². The Morgan fingerprint density at radius 3 is 2.47 bits per heavy atom. The van der Waals surface area contributed by atoms with Crippen molar-refractivity contribution in [1.29, 1.82) is 0 Å². The molecule has 1 heterocycles. The number of halogens is 1. The minimum Gasteiger partial charge on any atom is -0.497 e. The molecule has 0 atom stereocenters. The highest BCUT2D eigenvalue weighted by atomic mass is 32.2. The molecule has 0 bridgehead atoms. The van der Waals surface area contributed by atoms with Crippen LogP contribution >= 0.6 is 11.8 Å². The summed E-state index contributed by atoms with van der Waals surface area (Å²) in [7, 11) is 1.60. The van der Waals surface area contributed by atoms with Crippen LogP contribution in [-0.4, -0.2) is 24.8 Å². The maximum absolute atomic E-state index is 13.1. The summed E-state index contributed by atoms with van der Waals surface area (Å²) in [5, 5.41) is 3.29. The van der Waals surface area contributed by atoms with Gasteiger partial charge in [-0.2, -0.15) is 0 Å². The minimum atomic E-state index is -0.290. The number of hydrogen-bond acceptors (Lipinski definition) is 6. The van der Waals surface area contributed by atoms with Gasteiger partial charge in [0.05, 0.1) is 24.3 Å². The molecular weight excluding hydrogens is 455 g/mol. The number of amides is 1. The number of hydrogen-bond donors (Lipinski definition) is 1. The molecule has 3 aromatic carbocycles. The fraction of sp³-hybridized carbons (Fsp3) is 0.154. The highest BCUT2D eigenvalue weighted by Gasteiger charge is 2.24. The molecule has 34 heavy (non-hydrogen) atoms. The summed E-state index contributed by atoms with van der Waals surface area (Å²) in [4.78, 5) is 17.5. The lowest BCUT2D eigenvalue weighted by atomic mass is 10.2. The Kier molecular flexibility index (Phi) is 7.49. The molecule has 1 amide bonds. The van der Waals surface area contributed by atoms with Gasteiger partial charge in [-0.1, -0.05) is 18.2 Å². The number of amidine groups is 1. The summed E-state index contributed by atoms with van der Waals surface area (Å²) in [6.07, 6.45) is 1.78. The van der Waals surface area contributed by atoms with Gasteiger partial charge in [0, 0.05) is 0 Å². The monoisotopic (exact) mass is 478 g/mol. The predicted octanol–water partition coefficient (Wildman–Crippen LogP) is 5.70. The third-order valence-corrected chi connectivity index (χ3v) is 5.74. The van der Waals surface area contributed by atoms with Crippen molar-refractivity contribution >= 4 is 34.6 Å². The van der Waals surface area contributed by atoms with Crippen molar-refractivity contribution in [1.82, 2.24) is 5.32 Å². The molecule has 4 rings (SSSR count). The number of carbonyl (C=O) groups excluding carboxylic acids is 1. The van der Waals surface area contributed by atoms with E-state index in [2.05, 4.69) is 10.3 Å². The molecule has 0 spiro atoms. The topological polar surface area (TPSA) is 69.2 Å². The number of nitrogens with zero attached hydrogens (tertiary/aromatic N) is 1. The molecule has 1 saturated heterocycles. The first-order valence-electron chi connectivity index (χ1n) is 10.6. The van der Waals surface area contributed by atoms with E-state index >= 15 is 0 Å². The summed E-state index contributed by atoms with van der Waals surface area (Å²) in [5.41, 5.74) is 2.35. The highest BCUT2D eigenvalue weighted by molar-refractivity contribution is 8.18. The van der Waals surface area contributed by atoms with Gasteiger partial charge in [-0.25, -0.2) is 9.38 Å². The Balaban J connectivity index is 1.48. The van der Waals surface area contributed by atoms with Gasteiger partial charge >= 0.3 is 0 Å². The maximum atomic E-state index is 13.1. The lowest BCUT2D eigenvalue weighted by Crippen LogP contribution is -2.19. The van der Waals surface area contributed by atoms with E-state index in [4.69, 9.17) is 14.2 Å². The van der Waals surface area contributed by atoms with Crippen molar-refractivity contribution in [3.8, 4) is 17.2 Å². The Labute approximate surface area is 201 Å². The number of carbonyl (C=O) groups is 1. The maximum Gasteiger partial charge on any atom is 0.264 e. The number of ether oxygens (including phenoxy) is 3. The molecule has 1 aliphatic rings. The molecule has 0 aromatic heterocycles. The number of rotatable bonds is 8. The fourth-order valence-corrected chi connectivity index (χ4v) is 3.99. The van der Waals surface area contributed by atoms with E-state index in [1.807, 2.05) is 43.3 Å². The smallest absolute Gasteiger partial charge is 0.264 e. The molecule has 0 aliphatic carbocycles. The van der Waals surface area contributed by atoms with Crippen LogP contribution < -0.4 is 19.5 Å². The van der Waals surface area contributed by atoms with Crippen LogP contribution in [0.4, 0.5) is 10.1 Å². The Morgan fingerprint density at radius 2 is 1.76 bits per heavy atom. The molecule has 1 N–H and O–H groups in total. The van der Waals surface area contributed by atoms with Gasteiger partial charge in [0.2, 0.25) is 0 Å². The van der Waals surface area contributed by atoms with E-state index in [1.54, 1.807) is 31.4 Å². The van der Waals surface area contributed by atoms with Crippen LogP contribution in [0.1, 0.15) is 18.1 Å². The van der Waals surface area contributed by atoms with Crippen molar-refractivity contribution in [2.75, 3.05) is 13.7 Å². The Bertz CT molecular complexity index is 1220. The van der Waals surface area contributed by atoms with Crippen molar-refractivity contribution in [2.24, 2.45) is 4.99 Å². The second-order valence-electron chi connectivity index (χ2n) is 7.23. The van der Waals surface area contributed by atoms with Gasteiger partial charge < -0.3 is 19.5 Å². The molecule has 0 radical (unpaired) electrons. The second kappa shape index (κ2) is 10.9. The van der Waals surface area contributed by atoms with Gasteiger partial charge in [-0.3, -0.25) is 4.79 Å². The number of thioether (sulfide) groups is 1. The molecule has 0 unspecified atom stereocenters. The Morgan fingerprint density at radius 1 is 1.00 bits per heavy atom. The van der Waals surface area contributed by atoms with Gasteiger partial charge in [0.15, 0.2) is 16.7 Å². The molecule has 174 valence electrons. The molecule has 3 aromatic rings. The zero-order valence-electron chi connectivity index (χ0n) is 18.7. The fourth-order valence-electron chi connectivity index (χ4n) is 3.15. The normalized spacial score (nSPS) is 15.4. The van der Waals surface area contributed by atoms with Crippen LogP contribution in [-0.2, 0) is 11.4 Å². The highest BCUT2D eigenvalue weighted by Crippen LogP contribution is 2.33. The first-order chi connectivity index (χ1) is 16.5. The van der Waals surface area contributed by atoms with E-state index in [9.17, 15) is 9.18 Å². The molecular formula is C26H23FN2O4S.